The summed E-state index contributed by atoms with van der Waals surface area (Å²) in [5.74, 6) is -0.748. The summed E-state index contributed by atoms with van der Waals surface area (Å²) in [6.07, 6.45) is 1.65. The Balaban J connectivity index is 0.00000162. The van der Waals surface area contributed by atoms with Crippen molar-refractivity contribution in [1.29, 1.82) is 0 Å². The number of carboxylic acids is 1. The zero-order valence-electron chi connectivity index (χ0n) is 9.60. The molecule has 0 aliphatic carbocycles. The number of carbonyl (C=O) groups is 1. The minimum absolute atomic E-state index is 0. The molecule has 100 valence electrons. The quantitative estimate of drug-likeness (QED) is 0.929. The second-order valence-corrected chi connectivity index (χ2v) is 5.03. The van der Waals surface area contributed by atoms with Crippen LogP contribution in [0.3, 0.4) is 0 Å². The van der Waals surface area contributed by atoms with Gasteiger partial charge in [0.05, 0.1) is 10.0 Å². The Kier molecular flexibility index (Phi) is 5.73. The molecule has 3 nitrogen and oxygen atoms in total. The maximum atomic E-state index is 11.0. The Hall–Kier alpha value is -0.480. The first-order chi connectivity index (χ1) is 8.08. The van der Waals surface area contributed by atoms with Gasteiger partial charge in [0.2, 0.25) is 0 Å². The van der Waals surface area contributed by atoms with Gasteiger partial charge in [-0.2, -0.15) is 0 Å². The largest absolute Gasteiger partial charge is 0.480 e. The third kappa shape index (κ3) is 3.51. The molecule has 6 heteroatoms. The predicted octanol–water partition coefficient (Wildman–Crippen LogP) is 3.46. The molecule has 18 heavy (non-hydrogen) atoms. The van der Waals surface area contributed by atoms with Gasteiger partial charge in [0.15, 0.2) is 0 Å². The average Bonchev–Trinajstić information content (AvgIpc) is 2.72. The van der Waals surface area contributed by atoms with Crippen molar-refractivity contribution in [3.05, 3.63) is 33.8 Å². The molecule has 2 rings (SSSR count). The highest BCUT2D eigenvalue weighted by molar-refractivity contribution is 6.42. The van der Waals surface area contributed by atoms with Crippen LogP contribution in [0.15, 0.2) is 18.2 Å². The molecule has 0 spiro atoms. The third-order valence-corrected chi connectivity index (χ3v) is 3.76. The van der Waals surface area contributed by atoms with E-state index in [4.69, 9.17) is 28.3 Å². The molecule has 0 unspecified atom stereocenters. The van der Waals surface area contributed by atoms with E-state index >= 15 is 0 Å². The van der Waals surface area contributed by atoms with E-state index in [0.717, 1.165) is 24.9 Å². The van der Waals surface area contributed by atoms with Gasteiger partial charge in [-0.3, -0.25) is 9.69 Å². The molecule has 1 N–H and O–H groups in total. The van der Waals surface area contributed by atoms with E-state index in [1.165, 1.54) is 0 Å². The summed E-state index contributed by atoms with van der Waals surface area (Å²) in [7, 11) is 0. The van der Waals surface area contributed by atoms with Crippen molar-refractivity contribution in [2.75, 3.05) is 6.54 Å². The molecule has 0 saturated carbocycles. The van der Waals surface area contributed by atoms with Crippen LogP contribution in [-0.2, 0) is 11.3 Å². The minimum atomic E-state index is -0.748. The lowest BCUT2D eigenvalue weighted by molar-refractivity contribution is -0.142. The Morgan fingerprint density at radius 2 is 2.11 bits per heavy atom. The van der Waals surface area contributed by atoms with Crippen LogP contribution in [0, 0.1) is 0 Å². The number of halogens is 3. The number of benzene rings is 1. The Bertz CT molecular complexity index is 439. The Morgan fingerprint density at radius 1 is 1.39 bits per heavy atom. The van der Waals surface area contributed by atoms with Gasteiger partial charge in [0.1, 0.15) is 6.04 Å². The first-order valence-electron chi connectivity index (χ1n) is 5.48. The zero-order chi connectivity index (χ0) is 12.4. The number of likely N-dealkylation sites (tertiary alicyclic amines) is 1. The molecule has 1 atom stereocenters. The monoisotopic (exact) mass is 309 g/mol. The van der Waals surface area contributed by atoms with Crippen LogP contribution in [0.25, 0.3) is 0 Å². The van der Waals surface area contributed by atoms with E-state index in [9.17, 15) is 4.79 Å². The van der Waals surface area contributed by atoms with Crippen molar-refractivity contribution in [3.8, 4) is 0 Å². The molecule has 1 aromatic carbocycles. The maximum absolute atomic E-state index is 11.0. The fourth-order valence-corrected chi connectivity index (χ4v) is 2.49. The molecule has 0 amide bonds. The Morgan fingerprint density at radius 3 is 2.72 bits per heavy atom. The van der Waals surface area contributed by atoms with Crippen molar-refractivity contribution in [1.82, 2.24) is 4.90 Å². The summed E-state index contributed by atoms with van der Waals surface area (Å²) in [6, 6.07) is 5.04. The van der Waals surface area contributed by atoms with E-state index in [-0.39, 0.29) is 18.4 Å². The Labute approximate surface area is 122 Å². The van der Waals surface area contributed by atoms with Crippen LogP contribution < -0.4 is 0 Å². The van der Waals surface area contributed by atoms with Gasteiger partial charge in [0.25, 0.3) is 0 Å². The van der Waals surface area contributed by atoms with E-state index < -0.39 is 5.97 Å². The summed E-state index contributed by atoms with van der Waals surface area (Å²) < 4.78 is 0. The van der Waals surface area contributed by atoms with Crippen LogP contribution in [0.5, 0.6) is 0 Å². The average molecular weight is 311 g/mol. The molecule has 0 bridgehead atoms. The lowest BCUT2D eigenvalue weighted by Crippen LogP contribution is -2.35. The number of aliphatic carboxylic acids is 1. The van der Waals surface area contributed by atoms with Crippen molar-refractivity contribution in [2.45, 2.75) is 25.4 Å². The molecule has 1 heterocycles. The van der Waals surface area contributed by atoms with Gasteiger partial charge in [-0.25, -0.2) is 0 Å². The van der Waals surface area contributed by atoms with Gasteiger partial charge in [-0.15, -0.1) is 12.4 Å². The lowest BCUT2D eigenvalue weighted by Gasteiger charge is -2.21. The summed E-state index contributed by atoms with van der Waals surface area (Å²) in [5, 5.41) is 10.1. The number of hydrogen-bond donors (Lipinski definition) is 1. The molecule has 1 fully saturated rings. The van der Waals surface area contributed by atoms with Crippen LogP contribution in [0.2, 0.25) is 10.0 Å². The molecular formula is C12H14Cl3NO2. The molecule has 1 saturated heterocycles. The first-order valence-corrected chi connectivity index (χ1v) is 6.24. The first kappa shape index (κ1) is 15.6. The SMILES string of the molecule is Cl.O=C(O)[C@@H]1CCCN1Cc1ccc(Cl)c(Cl)c1. The molecule has 1 aromatic rings. The highest BCUT2D eigenvalue weighted by Gasteiger charge is 2.30. The van der Waals surface area contributed by atoms with Crippen LogP contribution >= 0.6 is 35.6 Å². The lowest BCUT2D eigenvalue weighted by atomic mass is 10.2. The van der Waals surface area contributed by atoms with Gasteiger partial charge in [0, 0.05) is 6.54 Å². The summed E-state index contributed by atoms with van der Waals surface area (Å²) in [6.45, 7) is 1.42. The second kappa shape index (κ2) is 6.62. The van der Waals surface area contributed by atoms with Crippen molar-refractivity contribution in [3.63, 3.8) is 0 Å². The van der Waals surface area contributed by atoms with E-state index in [1.807, 2.05) is 11.0 Å². The molecule has 1 aliphatic rings. The standard InChI is InChI=1S/C12H13Cl2NO2.ClH/c13-9-4-3-8(6-10(9)14)7-15-5-1-2-11(15)12(16)17;/h3-4,6,11H,1-2,5,7H2,(H,16,17);1H/t11-;/m0./s1. The number of rotatable bonds is 3. The second-order valence-electron chi connectivity index (χ2n) is 4.22. The number of hydrogen-bond acceptors (Lipinski definition) is 2. The van der Waals surface area contributed by atoms with Crippen LogP contribution in [-0.4, -0.2) is 28.6 Å². The van der Waals surface area contributed by atoms with Crippen LogP contribution in [0.4, 0.5) is 0 Å². The normalized spacial score (nSPS) is 19.6. The topological polar surface area (TPSA) is 40.5 Å². The van der Waals surface area contributed by atoms with Gasteiger partial charge >= 0.3 is 5.97 Å². The fraction of sp³-hybridized carbons (Fsp3) is 0.417. The zero-order valence-corrected chi connectivity index (χ0v) is 11.9. The molecule has 0 aromatic heterocycles. The summed E-state index contributed by atoms with van der Waals surface area (Å²) in [5.41, 5.74) is 0.993. The summed E-state index contributed by atoms with van der Waals surface area (Å²) in [4.78, 5) is 13.0. The highest BCUT2D eigenvalue weighted by Crippen LogP contribution is 2.25. The smallest absolute Gasteiger partial charge is 0.320 e. The van der Waals surface area contributed by atoms with Crippen molar-refractivity contribution >= 4 is 41.6 Å². The minimum Gasteiger partial charge on any atom is -0.480 e. The summed E-state index contributed by atoms with van der Waals surface area (Å²) >= 11 is 11.8. The van der Waals surface area contributed by atoms with Crippen molar-refractivity contribution < 1.29 is 9.90 Å². The fourth-order valence-electron chi connectivity index (χ4n) is 2.17. The molecular weight excluding hydrogens is 296 g/mol. The van der Waals surface area contributed by atoms with Gasteiger partial charge in [-0.05, 0) is 37.1 Å². The number of nitrogens with zero attached hydrogens (tertiary/aromatic N) is 1. The third-order valence-electron chi connectivity index (χ3n) is 3.02. The van der Waals surface area contributed by atoms with Gasteiger partial charge < -0.3 is 5.11 Å². The van der Waals surface area contributed by atoms with E-state index in [0.29, 0.717) is 16.6 Å². The van der Waals surface area contributed by atoms with Gasteiger partial charge in [-0.1, -0.05) is 29.3 Å². The predicted molar refractivity (Wildman–Crippen MR) is 74.8 cm³/mol. The number of carboxylic acid groups (broad SMARTS) is 1. The van der Waals surface area contributed by atoms with Crippen LogP contribution in [0.1, 0.15) is 18.4 Å². The molecule has 0 radical (unpaired) electrons. The van der Waals surface area contributed by atoms with E-state index in [1.54, 1.807) is 12.1 Å². The maximum Gasteiger partial charge on any atom is 0.320 e. The van der Waals surface area contributed by atoms with E-state index in [2.05, 4.69) is 0 Å². The molecule has 1 aliphatic heterocycles. The highest BCUT2D eigenvalue weighted by atomic mass is 35.5. The van der Waals surface area contributed by atoms with Crippen molar-refractivity contribution in [2.24, 2.45) is 0 Å².